The van der Waals surface area contributed by atoms with Crippen molar-refractivity contribution in [3.05, 3.63) is 0 Å². The Balaban J connectivity index is 2.56. The molecule has 0 aliphatic carbocycles. The van der Waals surface area contributed by atoms with E-state index in [0.29, 0.717) is 0 Å². The largest absolute Gasteiger partial charge is 0.461 e. The second-order valence-electron chi connectivity index (χ2n) is 4.01. The van der Waals surface area contributed by atoms with E-state index in [2.05, 4.69) is 20.8 Å². The van der Waals surface area contributed by atoms with Gasteiger partial charge in [-0.2, -0.15) is 0 Å². The first-order chi connectivity index (χ1) is 4.43. The van der Waals surface area contributed by atoms with Crippen LogP contribution < -0.4 is 0 Å². The second kappa shape index (κ2) is 1.97. The van der Waals surface area contributed by atoms with Gasteiger partial charge in [-0.3, -0.25) is 4.79 Å². The minimum absolute atomic E-state index is 0.0556. The molecule has 0 radical (unpaired) electrons. The maximum absolute atomic E-state index is 10.7. The molecule has 1 saturated heterocycles. The van der Waals surface area contributed by atoms with Crippen LogP contribution in [0.5, 0.6) is 0 Å². The molecule has 2 nitrogen and oxygen atoms in total. The summed E-state index contributed by atoms with van der Waals surface area (Å²) in [7, 11) is 0. The summed E-state index contributed by atoms with van der Waals surface area (Å²) >= 11 is 0. The van der Waals surface area contributed by atoms with Gasteiger partial charge < -0.3 is 4.74 Å². The summed E-state index contributed by atoms with van der Waals surface area (Å²) in [6.07, 6.45) is 0.125. The zero-order valence-electron chi connectivity index (χ0n) is 6.97. The van der Waals surface area contributed by atoms with Gasteiger partial charge in [0.05, 0.1) is 5.92 Å². The van der Waals surface area contributed by atoms with Crippen molar-refractivity contribution >= 4 is 5.97 Å². The molecule has 0 bridgehead atoms. The lowest BCUT2D eigenvalue weighted by Gasteiger charge is -2.41. The van der Waals surface area contributed by atoms with Gasteiger partial charge in [0.2, 0.25) is 0 Å². The number of carbonyl (C=O) groups is 1. The van der Waals surface area contributed by atoms with Gasteiger partial charge in [-0.15, -0.1) is 0 Å². The Kier molecular flexibility index (Phi) is 1.50. The molecule has 10 heavy (non-hydrogen) atoms. The quantitative estimate of drug-likeness (QED) is 0.480. The van der Waals surface area contributed by atoms with Crippen LogP contribution in [0, 0.1) is 11.3 Å². The third kappa shape index (κ3) is 1.02. The highest BCUT2D eigenvalue weighted by Crippen LogP contribution is 2.35. The van der Waals surface area contributed by atoms with Gasteiger partial charge in [0.1, 0.15) is 6.10 Å². The third-order valence-corrected chi connectivity index (χ3v) is 1.92. The van der Waals surface area contributed by atoms with E-state index in [1.54, 1.807) is 0 Å². The summed E-state index contributed by atoms with van der Waals surface area (Å²) in [6.45, 7) is 8.17. The average Bonchev–Trinajstić information content (AvgIpc) is 1.79. The van der Waals surface area contributed by atoms with Crippen molar-refractivity contribution in [2.24, 2.45) is 11.3 Å². The molecule has 1 aliphatic heterocycles. The Labute approximate surface area is 61.6 Å². The third-order valence-electron chi connectivity index (χ3n) is 1.92. The van der Waals surface area contributed by atoms with E-state index in [1.807, 2.05) is 6.92 Å². The lowest BCUT2D eigenvalue weighted by atomic mass is 9.79. The van der Waals surface area contributed by atoms with Crippen LogP contribution in [0.1, 0.15) is 27.7 Å². The summed E-state index contributed by atoms with van der Waals surface area (Å²) < 4.78 is 4.98. The highest BCUT2D eigenvalue weighted by molar-refractivity contribution is 5.78. The maximum Gasteiger partial charge on any atom is 0.312 e. The normalized spacial score (nSPS) is 33.0. The summed E-state index contributed by atoms with van der Waals surface area (Å²) in [5.74, 6) is 0.0416. The van der Waals surface area contributed by atoms with E-state index >= 15 is 0 Å². The van der Waals surface area contributed by atoms with Crippen LogP contribution in [-0.4, -0.2) is 12.1 Å². The molecule has 1 heterocycles. The van der Waals surface area contributed by atoms with Crippen molar-refractivity contribution in [1.82, 2.24) is 0 Å². The zero-order valence-corrected chi connectivity index (χ0v) is 6.97. The van der Waals surface area contributed by atoms with Gasteiger partial charge in [0.25, 0.3) is 0 Å². The van der Waals surface area contributed by atoms with Gasteiger partial charge in [-0.25, -0.2) is 0 Å². The first-order valence-corrected chi connectivity index (χ1v) is 3.63. The Bertz CT molecular complexity index is 155. The molecule has 58 valence electrons. The smallest absolute Gasteiger partial charge is 0.312 e. The highest BCUT2D eigenvalue weighted by atomic mass is 16.6. The standard InChI is InChI=1S/C8H14O2/c1-5-6(8(2,3)4)10-7(5)9/h5-6H,1-4H3/t5-,6-/m0/s1. The molecule has 0 spiro atoms. The van der Waals surface area contributed by atoms with Gasteiger partial charge in [-0.1, -0.05) is 20.8 Å². The summed E-state index contributed by atoms with van der Waals surface area (Å²) in [6, 6.07) is 0. The molecule has 1 rings (SSSR count). The number of ether oxygens (including phenoxy) is 1. The lowest BCUT2D eigenvalue weighted by Crippen LogP contribution is -2.50. The molecule has 1 fully saturated rings. The Hall–Kier alpha value is -0.530. The number of rotatable bonds is 0. The summed E-state index contributed by atoms with van der Waals surface area (Å²) in [4.78, 5) is 10.7. The number of hydrogen-bond acceptors (Lipinski definition) is 2. The van der Waals surface area contributed by atoms with Crippen LogP contribution in [0.3, 0.4) is 0 Å². The van der Waals surface area contributed by atoms with Crippen molar-refractivity contribution in [2.75, 3.05) is 0 Å². The Morgan fingerprint density at radius 3 is 2.00 bits per heavy atom. The second-order valence-corrected chi connectivity index (χ2v) is 4.01. The fourth-order valence-electron chi connectivity index (χ4n) is 1.31. The van der Waals surface area contributed by atoms with Crippen molar-refractivity contribution in [3.8, 4) is 0 Å². The number of hydrogen-bond donors (Lipinski definition) is 0. The molecule has 2 heteroatoms. The molecule has 0 amide bonds. The first-order valence-electron chi connectivity index (χ1n) is 3.63. The minimum Gasteiger partial charge on any atom is -0.461 e. The van der Waals surface area contributed by atoms with E-state index in [-0.39, 0.29) is 23.4 Å². The van der Waals surface area contributed by atoms with E-state index in [1.165, 1.54) is 0 Å². The van der Waals surface area contributed by atoms with Gasteiger partial charge in [-0.05, 0) is 12.3 Å². The molecule has 0 aromatic carbocycles. The molecule has 0 aromatic rings. The van der Waals surface area contributed by atoms with Gasteiger partial charge >= 0.3 is 5.97 Å². The number of esters is 1. The Morgan fingerprint density at radius 2 is 1.90 bits per heavy atom. The van der Waals surface area contributed by atoms with Crippen molar-refractivity contribution in [1.29, 1.82) is 0 Å². The van der Waals surface area contributed by atoms with Gasteiger partial charge in [0, 0.05) is 0 Å². The van der Waals surface area contributed by atoms with Crippen molar-refractivity contribution < 1.29 is 9.53 Å². The van der Waals surface area contributed by atoms with E-state index in [0.717, 1.165) is 0 Å². The molecule has 0 saturated carbocycles. The topological polar surface area (TPSA) is 26.3 Å². The van der Waals surface area contributed by atoms with Crippen LogP contribution in [0.15, 0.2) is 0 Å². The first kappa shape index (κ1) is 7.58. The van der Waals surface area contributed by atoms with Gasteiger partial charge in [0.15, 0.2) is 0 Å². The minimum atomic E-state index is -0.0556. The van der Waals surface area contributed by atoms with Crippen LogP contribution in [0.4, 0.5) is 0 Å². The molecule has 0 N–H and O–H groups in total. The fourth-order valence-corrected chi connectivity index (χ4v) is 1.31. The molecule has 1 aliphatic rings. The van der Waals surface area contributed by atoms with E-state index in [9.17, 15) is 4.79 Å². The van der Waals surface area contributed by atoms with E-state index < -0.39 is 0 Å². The average molecular weight is 142 g/mol. The molecular formula is C8H14O2. The lowest BCUT2D eigenvalue weighted by molar-refractivity contribution is -0.195. The molecule has 2 atom stereocenters. The fraction of sp³-hybridized carbons (Fsp3) is 0.875. The van der Waals surface area contributed by atoms with Crippen LogP contribution in [-0.2, 0) is 9.53 Å². The van der Waals surface area contributed by atoms with E-state index in [4.69, 9.17) is 4.74 Å². The molecule has 0 aromatic heterocycles. The maximum atomic E-state index is 10.7. The molecular weight excluding hydrogens is 128 g/mol. The molecule has 0 unspecified atom stereocenters. The predicted octanol–water partition coefficient (Wildman–Crippen LogP) is 1.59. The summed E-state index contributed by atoms with van der Waals surface area (Å²) in [5.41, 5.74) is 0.104. The van der Waals surface area contributed by atoms with Crippen LogP contribution >= 0.6 is 0 Å². The zero-order chi connectivity index (χ0) is 7.94. The number of cyclic esters (lactones) is 1. The van der Waals surface area contributed by atoms with Crippen LogP contribution in [0.2, 0.25) is 0 Å². The summed E-state index contributed by atoms with van der Waals surface area (Å²) in [5, 5.41) is 0. The number of carbonyl (C=O) groups excluding carboxylic acids is 1. The SMILES string of the molecule is C[C@@H]1C(=O)O[C@@H]1C(C)(C)C. The predicted molar refractivity (Wildman–Crippen MR) is 38.5 cm³/mol. The highest BCUT2D eigenvalue weighted by Gasteiger charge is 2.45. The van der Waals surface area contributed by atoms with Crippen molar-refractivity contribution in [2.45, 2.75) is 33.8 Å². The van der Waals surface area contributed by atoms with Crippen LogP contribution in [0.25, 0.3) is 0 Å². The Morgan fingerprint density at radius 1 is 1.40 bits per heavy atom. The van der Waals surface area contributed by atoms with Crippen molar-refractivity contribution in [3.63, 3.8) is 0 Å². The monoisotopic (exact) mass is 142 g/mol.